The predicted octanol–water partition coefficient (Wildman–Crippen LogP) is 1.94. The van der Waals surface area contributed by atoms with Crippen LogP contribution in [-0.2, 0) is 16.0 Å². The summed E-state index contributed by atoms with van der Waals surface area (Å²) < 4.78 is 17.8. The maximum absolute atomic E-state index is 13.3. The van der Waals surface area contributed by atoms with Crippen molar-refractivity contribution >= 4 is 28.0 Å². The molecule has 2 N–H and O–H groups in total. The van der Waals surface area contributed by atoms with Gasteiger partial charge in [0.1, 0.15) is 11.9 Å². The number of amides is 1. The number of carbonyl (C=O) groups excluding carboxylic acids is 1. The minimum absolute atomic E-state index is 0.0528. The number of halogens is 2. The zero-order chi connectivity index (χ0) is 13.7. The van der Waals surface area contributed by atoms with Gasteiger partial charge in [-0.15, -0.1) is 0 Å². The second-order valence-corrected chi connectivity index (χ2v) is 4.24. The van der Waals surface area contributed by atoms with E-state index in [2.05, 4.69) is 26.0 Å². The molecule has 0 spiro atoms. The van der Waals surface area contributed by atoms with Gasteiger partial charge in [-0.25, -0.2) is 14.0 Å². The smallest absolute Gasteiger partial charge is 0.407 e. The van der Waals surface area contributed by atoms with Gasteiger partial charge in [-0.1, -0.05) is 12.1 Å². The Morgan fingerprint density at radius 2 is 2.22 bits per heavy atom. The maximum Gasteiger partial charge on any atom is 0.407 e. The Kier molecular flexibility index (Phi) is 5.08. The first-order valence-electron chi connectivity index (χ1n) is 4.96. The number of rotatable bonds is 4. The van der Waals surface area contributed by atoms with Crippen LogP contribution in [0.4, 0.5) is 9.18 Å². The van der Waals surface area contributed by atoms with Crippen molar-refractivity contribution in [3.63, 3.8) is 0 Å². The summed E-state index contributed by atoms with van der Waals surface area (Å²) in [6.07, 6.45) is -0.905. The predicted molar refractivity (Wildman–Crippen MR) is 64.8 cm³/mol. The van der Waals surface area contributed by atoms with E-state index in [9.17, 15) is 14.0 Å². The third-order valence-corrected chi connectivity index (χ3v) is 3.12. The van der Waals surface area contributed by atoms with Crippen molar-refractivity contribution < 1.29 is 23.8 Å². The number of ether oxygens (including phenoxy) is 1. The van der Waals surface area contributed by atoms with Crippen molar-refractivity contribution in [2.45, 2.75) is 12.5 Å². The average molecular weight is 320 g/mol. The van der Waals surface area contributed by atoms with Crippen LogP contribution in [0.15, 0.2) is 22.7 Å². The third-order valence-electron chi connectivity index (χ3n) is 2.23. The molecule has 0 unspecified atom stereocenters. The molecule has 7 heteroatoms. The fraction of sp³-hybridized carbons (Fsp3) is 0.273. The van der Waals surface area contributed by atoms with Crippen molar-refractivity contribution in [3.05, 3.63) is 34.1 Å². The lowest BCUT2D eigenvalue weighted by Crippen LogP contribution is -2.42. The quantitative estimate of drug-likeness (QED) is 0.889. The SMILES string of the molecule is COC(=O)N[C@H](Cc1cccc(F)c1Br)C(=O)O. The van der Waals surface area contributed by atoms with E-state index in [1.807, 2.05) is 0 Å². The van der Waals surface area contributed by atoms with Gasteiger partial charge in [0.2, 0.25) is 0 Å². The molecule has 1 aromatic rings. The summed E-state index contributed by atoms with van der Waals surface area (Å²) in [5.74, 6) is -1.72. The standard InChI is InChI=1S/C11H11BrFNO4/c1-18-11(17)14-8(10(15)16)5-6-3-2-4-7(13)9(6)12/h2-4,8H,5H2,1H3,(H,14,17)(H,15,16)/t8-/m1/s1. The minimum atomic E-state index is -1.23. The molecule has 98 valence electrons. The molecule has 0 aromatic heterocycles. The van der Waals surface area contributed by atoms with Crippen molar-refractivity contribution in [1.29, 1.82) is 0 Å². The second kappa shape index (κ2) is 6.34. The molecule has 0 aliphatic heterocycles. The third kappa shape index (κ3) is 3.69. The van der Waals surface area contributed by atoms with Crippen LogP contribution < -0.4 is 5.32 Å². The molecule has 0 radical (unpaired) electrons. The lowest BCUT2D eigenvalue weighted by molar-refractivity contribution is -0.139. The van der Waals surface area contributed by atoms with Crippen molar-refractivity contribution in [2.75, 3.05) is 7.11 Å². The highest BCUT2D eigenvalue weighted by atomic mass is 79.9. The molecule has 0 heterocycles. The van der Waals surface area contributed by atoms with Gasteiger partial charge in [0, 0.05) is 6.42 Å². The van der Waals surface area contributed by atoms with Gasteiger partial charge in [-0.3, -0.25) is 0 Å². The number of alkyl carbamates (subject to hydrolysis) is 1. The van der Waals surface area contributed by atoms with E-state index in [-0.39, 0.29) is 10.9 Å². The number of methoxy groups -OCH3 is 1. The Morgan fingerprint density at radius 3 is 2.78 bits per heavy atom. The van der Waals surface area contributed by atoms with Crippen LogP contribution in [0.2, 0.25) is 0 Å². The van der Waals surface area contributed by atoms with Crippen LogP contribution in [-0.4, -0.2) is 30.3 Å². The molecule has 0 fully saturated rings. The summed E-state index contributed by atoms with van der Waals surface area (Å²) in [7, 11) is 1.13. The monoisotopic (exact) mass is 319 g/mol. The number of hydrogen-bond donors (Lipinski definition) is 2. The molecule has 1 aromatic carbocycles. The maximum atomic E-state index is 13.3. The van der Waals surface area contributed by atoms with Crippen LogP contribution in [0.1, 0.15) is 5.56 Å². The Bertz CT molecular complexity index is 466. The molecule has 0 saturated heterocycles. The van der Waals surface area contributed by atoms with E-state index in [0.717, 1.165) is 7.11 Å². The van der Waals surface area contributed by atoms with Gasteiger partial charge in [-0.05, 0) is 27.6 Å². The molecule has 0 saturated carbocycles. The summed E-state index contributed by atoms with van der Waals surface area (Å²) in [6, 6.07) is 3.10. The van der Waals surface area contributed by atoms with Gasteiger partial charge in [0.05, 0.1) is 11.6 Å². The number of carboxylic acids is 1. The van der Waals surface area contributed by atoms with Gasteiger partial charge >= 0.3 is 12.1 Å². The van der Waals surface area contributed by atoms with E-state index < -0.39 is 23.9 Å². The largest absolute Gasteiger partial charge is 0.480 e. The molecule has 5 nitrogen and oxygen atoms in total. The van der Waals surface area contributed by atoms with E-state index >= 15 is 0 Å². The fourth-order valence-corrected chi connectivity index (χ4v) is 1.75. The highest BCUT2D eigenvalue weighted by Crippen LogP contribution is 2.21. The Hall–Kier alpha value is -1.63. The second-order valence-electron chi connectivity index (χ2n) is 3.44. The molecule has 1 atom stereocenters. The highest BCUT2D eigenvalue weighted by molar-refractivity contribution is 9.10. The van der Waals surface area contributed by atoms with Crippen LogP contribution in [0.25, 0.3) is 0 Å². The molecule has 1 amide bonds. The summed E-state index contributed by atoms with van der Waals surface area (Å²) >= 11 is 3.03. The van der Waals surface area contributed by atoms with E-state index in [0.29, 0.717) is 5.56 Å². The summed E-state index contributed by atoms with van der Waals surface area (Å²) in [6.45, 7) is 0. The van der Waals surface area contributed by atoms with Crippen molar-refractivity contribution in [2.24, 2.45) is 0 Å². The molecular weight excluding hydrogens is 309 g/mol. The van der Waals surface area contributed by atoms with E-state index in [4.69, 9.17) is 5.11 Å². The average Bonchev–Trinajstić information content (AvgIpc) is 2.33. The van der Waals surface area contributed by atoms with Crippen molar-refractivity contribution in [1.82, 2.24) is 5.32 Å². The van der Waals surface area contributed by atoms with E-state index in [1.54, 1.807) is 6.07 Å². The Morgan fingerprint density at radius 1 is 1.56 bits per heavy atom. The molecule has 18 heavy (non-hydrogen) atoms. The number of nitrogens with one attached hydrogen (secondary N) is 1. The molecular formula is C11H11BrFNO4. The lowest BCUT2D eigenvalue weighted by atomic mass is 10.1. The molecule has 0 bridgehead atoms. The number of benzene rings is 1. The summed E-state index contributed by atoms with van der Waals surface area (Å²) in [5.41, 5.74) is 0.443. The number of hydrogen-bond acceptors (Lipinski definition) is 3. The van der Waals surface area contributed by atoms with Crippen LogP contribution in [0.5, 0.6) is 0 Å². The Labute approximate surface area is 111 Å². The number of aliphatic carboxylic acids is 1. The zero-order valence-electron chi connectivity index (χ0n) is 9.44. The van der Waals surface area contributed by atoms with Gasteiger partial charge < -0.3 is 15.2 Å². The van der Waals surface area contributed by atoms with Gasteiger partial charge in [-0.2, -0.15) is 0 Å². The molecule has 0 aliphatic carbocycles. The topological polar surface area (TPSA) is 75.6 Å². The number of carbonyl (C=O) groups is 2. The Balaban J connectivity index is 2.87. The van der Waals surface area contributed by atoms with E-state index in [1.165, 1.54) is 12.1 Å². The van der Waals surface area contributed by atoms with Crippen LogP contribution >= 0.6 is 15.9 Å². The molecule has 0 aliphatic rings. The van der Waals surface area contributed by atoms with Crippen molar-refractivity contribution in [3.8, 4) is 0 Å². The number of carboxylic acid groups (broad SMARTS) is 1. The molecule has 1 rings (SSSR count). The van der Waals surface area contributed by atoms with Crippen LogP contribution in [0.3, 0.4) is 0 Å². The first-order chi connectivity index (χ1) is 8.45. The lowest BCUT2D eigenvalue weighted by Gasteiger charge is -2.14. The first kappa shape index (κ1) is 14.4. The zero-order valence-corrected chi connectivity index (χ0v) is 11.0. The highest BCUT2D eigenvalue weighted by Gasteiger charge is 2.22. The first-order valence-corrected chi connectivity index (χ1v) is 5.75. The van der Waals surface area contributed by atoms with Gasteiger partial charge in [0.25, 0.3) is 0 Å². The van der Waals surface area contributed by atoms with Crippen LogP contribution in [0, 0.1) is 5.82 Å². The van der Waals surface area contributed by atoms with Gasteiger partial charge in [0.15, 0.2) is 0 Å². The normalized spacial score (nSPS) is 11.7. The summed E-state index contributed by atoms with van der Waals surface area (Å²) in [5, 5.41) is 11.1. The fourth-order valence-electron chi connectivity index (χ4n) is 1.33. The summed E-state index contributed by atoms with van der Waals surface area (Å²) in [4.78, 5) is 22.0. The minimum Gasteiger partial charge on any atom is -0.480 e.